The number of aliphatic carboxylic acids is 1. The number of aryl methyl sites for hydroxylation is 1. The van der Waals surface area contributed by atoms with Crippen molar-refractivity contribution in [2.75, 3.05) is 6.54 Å². The molecule has 172 valence electrons. The average molecular weight is 438 g/mol. The van der Waals surface area contributed by atoms with Crippen molar-refractivity contribution in [1.82, 2.24) is 19.8 Å². The Bertz CT molecular complexity index is 944. The minimum atomic E-state index is -1.21. The first-order chi connectivity index (χ1) is 14.4. The van der Waals surface area contributed by atoms with Gasteiger partial charge in [0, 0.05) is 11.8 Å². The molecule has 1 aromatic heterocycles. The van der Waals surface area contributed by atoms with Crippen LogP contribution in [0.4, 0.5) is 4.79 Å². The van der Waals surface area contributed by atoms with Crippen LogP contribution >= 0.6 is 0 Å². The summed E-state index contributed by atoms with van der Waals surface area (Å²) in [5.41, 5.74) is -1.76. The monoisotopic (exact) mass is 438 g/mol. The molecule has 11 nitrogen and oxygen atoms in total. The molecule has 0 spiro atoms. The maximum atomic E-state index is 13.0. The number of carboxylic acid groups (broad SMARTS) is 1. The number of alkyl carbamates (subject to hydrolysis) is 1. The molecule has 2 rings (SSSR count). The molecule has 0 saturated heterocycles. The molecule has 1 heterocycles. The Hall–Kier alpha value is -3.11. The van der Waals surface area contributed by atoms with E-state index in [4.69, 9.17) is 4.74 Å². The molecule has 1 aliphatic rings. The lowest BCUT2D eigenvalue weighted by Crippen LogP contribution is -2.57. The van der Waals surface area contributed by atoms with E-state index < -0.39 is 60.0 Å². The number of aromatic amines is 1. The van der Waals surface area contributed by atoms with E-state index in [1.165, 1.54) is 18.0 Å². The van der Waals surface area contributed by atoms with Gasteiger partial charge in [-0.15, -0.1) is 0 Å². The van der Waals surface area contributed by atoms with Gasteiger partial charge < -0.3 is 20.1 Å². The minimum absolute atomic E-state index is 0.249. The van der Waals surface area contributed by atoms with E-state index >= 15 is 0 Å². The number of carbonyl (C=O) groups excluding carboxylic acids is 2. The number of carbonyl (C=O) groups is 3. The summed E-state index contributed by atoms with van der Waals surface area (Å²) < 4.78 is 6.33. The summed E-state index contributed by atoms with van der Waals surface area (Å²) in [4.78, 5) is 63.6. The molecular formula is C20H30N4O7. The lowest BCUT2D eigenvalue weighted by Gasteiger charge is -2.39. The molecule has 2 amide bonds. The number of amides is 2. The molecule has 1 aromatic rings. The molecule has 2 unspecified atom stereocenters. The van der Waals surface area contributed by atoms with Gasteiger partial charge in [-0.25, -0.2) is 9.59 Å². The second-order valence-electron chi connectivity index (χ2n) is 8.72. The topological polar surface area (TPSA) is 151 Å². The summed E-state index contributed by atoms with van der Waals surface area (Å²) in [6, 6.07) is -1.05. The van der Waals surface area contributed by atoms with Crippen molar-refractivity contribution in [2.45, 2.75) is 77.6 Å². The largest absolute Gasteiger partial charge is 0.480 e. The van der Waals surface area contributed by atoms with E-state index in [2.05, 4.69) is 10.3 Å². The lowest BCUT2D eigenvalue weighted by atomic mass is 9.89. The number of nitrogens with one attached hydrogen (secondary N) is 2. The number of hydrogen-bond donors (Lipinski definition) is 3. The van der Waals surface area contributed by atoms with Crippen molar-refractivity contribution in [2.24, 2.45) is 0 Å². The van der Waals surface area contributed by atoms with Gasteiger partial charge in [0.25, 0.3) is 5.56 Å². The van der Waals surface area contributed by atoms with Crippen molar-refractivity contribution in [1.29, 1.82) is 0 Å². The van der Waals surface area contributed by atoms with Crippen molar-refractivity contribution in [3.63, 3.8) is 0 Å². The third-order valence-corrected chi connectivity index (χ3v) is 4.95. The van der Waals surface area contributed by atoms with Crippen LogP contribution in [0.2, 0.25) is 0 Å². The Kier molecular flexibility index (Phi) is 7.64. The Balaban J connectivity index is 2.25. The van der Waals surface area contributed by atoms with Crippen molar-refractivity contribution in [3.8, 4) is 0 Å². The van der Waals surface area contributed by atoms with Gasteiger partial charge >= 0.3 is 17.8 Å². The number of carboxylic acids is 1. The number of nitrogens with zero attached hydrogens (tertiary/aromatic N) is 2. The molecule has 0 aliphatic heterocycles. The van der Waals surface area contributed by atoms with Crippen LogP contribution in [-0.2, 0) is 20.9 Å². The summed E-state index contributed by atoms with van der Waals surface area (Å²) in [6.45, 7) is 5.68. The van der Waals surface area contributed by atoms with Crippen LogP contribution in [0.25, 0.3) is 0 Å². The summed E-state index contributed by atoms with van der Waals surface area (Å²) >= 11 is 0. The van der Waals surface area contributed by atoms with E-state index in [9.17, 15) is 29.1 Å². The normalized spacial score (nSPS) is 18.8. The SMILES string of the molecule is Cc1cn(CC(=O)N(CC(=O)O)C2CCCCC2NC(=O)OC(C)(C)C)c(=O)[nH]c1=O. The van der Waals surface area contributed by atoms with Crippen LogP contribution in [0.15, 0.2) is 15.8 Å². The minimum Gasteiger partial charge on any atom is -0.480 e. The van der Waals surface area contributed by atoms with Gasteiger partial charge in [0.05, 0.1) is 12.1 Å². The van der Waals surface area contributed by atoms with E-state index in [1.54, 1.807) is 20.8 Å². The lowest BCUT2D eigenvalue weighted by molar-refractivity contribution is -0.147. The number of rotatable bonds is 6. The average Bonchev–Trinajstić information content (AvgIpc) is 2.63. The van der Waals surface area contributed by atoms with Crippen LogP contribution < -0.4 is 16.6 Å². The summed E-state index contributed by atoms with van der Waals surface area (Å²) in [6.07, 6.45) is 3.25. The fourth-order valence-electron chi connectivity index (χ4n) is 3.62. The predicted molar refractivity (Wildman–Crippen MR) is 111 cm³/mol. The quantitative estimate of drug-likeness (QED) is 0.588. The van der Waals surface area contributed by atoms with Gasteiger partial charge in [-0.2, -0.15) is 0 Å². The molecule has 2 atom stereocenters. The maximum absolute atomic E-state index is 13.0. The van der Waals surface area contributed by atoms with Gasteiger partial charge in [0.1, 0.15) is 18.7 Å². The van der Waals surface area contributed by atoms with E-state index in [0.717, 1.165) is 17.4 Å². The highest BCUT2D eigenvalue weighted by molar-refractivity contribution is 5.81. The molecule has 1 aliphatic carbocycles. The smallest absolute Gasteiger partial charge is 0.407 e. The zero-order chi connectivity index (χ0) is 23.3. The number of hydrogen-bond acceptors (Lipinski definition) is 6. The van der Waals surface area contributed by atoms with Crippen molar-refractivity contribution >= 4 is 18.0 Å². The van der Waals surface area contributed by atoms with Crippen LogP contribution in [-0.4, -0.2) is 61.8 Å². The molecule has 11 heteroatoms. The first-order valence-corrected chi connectivity index (χ1v) is 10.2. The Labute approximate surface area is 179 Å². The van der Waals surface area contributed by atoms with Crippen molar-refractivity contribution in [3.05, 3.63) is 32.6 Å². The number of ether oxygens (including phenoxy) is 1. The predicted octanol–water partition coefficient (Wildman–Crippen LogP) is 0.594. The van der Waals surface area contributed by atoms with Crippen LogP contribution in [0, 0.1) is 6.92 Å². The Morgan fingerprint density at radius 3 is 2.52 bits per heavy atom. The fraction of sp³-hybridized carbons (Fsp3) is 0.650. The summed E-state index contributed by atoms with van der Waals surface area (Å²) in [5.74, 6) is -1.81. The first-order valence-electron chi connectivity index (χ1n) is 10.2. The zero-order valence-electron chi connectivity index (χ0n) is 18.3. The van der Waals surface area contributed by atoms with Gasteiger partial charge in [-0.1, -0.05) is 12.8 Å². The van der Waals surface area contributed by atoms with Crippen molar-refractivity contribution < 1.29 is 24.2 Å². The highest BCUT2D eigenvalue weighted by Crippen LogP contribution is 2.24. The van der Waals surface area contributed by atoms with Crippen LogP contribution in [0.5, 0.6) is 0 Å². The molecule has 31 heavy (non-hydrogen) atoms. The first kappa shape index (κ1) is 24.2. The molecular weight excluding hydrogens is 408 g/mol. The van der Waals surface area contributed by atoms with E-state index in [0.29, 0.717) is 12.8 Å². The molecule has 1 fully saturated rings. The standard InChI is InChI=1S/C20H30N4O7/c1-12-9-23(18(29)22-17(12)28)10-15(25)24(11-16(26)27)14-8-6-5-7-13(14)21-19(30)31-20(2,3)4/h9,13-14H,5-8,10-11H2,1-4H3,(H,21,30)(H,26,27)(H,22,28,29). The second kappa shape index (κ2) is 9.80. The summed E-state index contributed by atoms with van der Waals surface area (Å²) in [5, 5.41) is 12.1. The van der Waals surface area contributed by atoms with Gasteiger partial charge in [0.15, 0.2) is 0 Å². The number of aromatic nitrogens is 2. The van der Waals surface area contributed by atoms with Crippen LogP contribution in [0.3, 0.4) is 0 Å². The number of H-pyrrole nitrogens is 1. The molecule has 3 N–H and O–H groups in total. The third kappa shape index (κ3) is 6.97. The van der Waals surface area contributed by atoms with Crippen LogP contribution in [0.1, 0.15) is 52.0 Å². The highest BCUT2D eigenvalue weighted by Gasteiger charge is 2.36. The molecule has 0 aromatic carbocycles. The van der Waals surface area contributed by atoms with Gasteiger partial charge in [-0.3, -0.25) is 23.9 Å². The highest BCUT2D eigenvalue weighted by atomic mass is 16.6. The zero-order valence-corrected chi connectivity index (χ0v) is 18.3. The fourth-order valence-corrected chi connectivity index (χ4v) is 3.62. The third-order valence-electron chi connectivity index (χ3n) is 4.95. The molecule has 0 radical (unpaired) electrons. The Morgan fingerprint density at radius 2 is 1.90 bits per heavy atom. The van der Waals surface area contributed by atoms with Gasteiger partial charge in [-0.05, 0) is 40.5 Å². The maximum Gasteiger partial charge on any atom is 0.407 e. The second-order valence-corrected chi connectivity index (χ2v) is 8.72. The van der Waals surface area contributed by atoms with E-state index in [-0.39, 0.29) is 5.56 Å². The van der Waals surface area contributed by atoms with E-state index in [1.807, 2.05) is 0 Å². The van der Waals surface area contributed by atoms with Gasteiger partial charge in [0.2, 0.25) is 5.91 Å². The Morgan fingerprint density at radius 1 is 1.26 bits per heavy atom. The molecule has 0 bridgehead atoms. The molecule has 1 saturated carbocycles. The summed E-state index contributed by atoms with van der Waals surface area (Å²) in [7, 11) is 0.